The van der Waals surface area contributed by atoms with E-state index in [-0.39, 0.29) is 12.6 Å². The van der Waals surface area contributed by atoms with Gasteiger partial charge in [-0.2, -0.15) is 0 Å². The molecule has 1 saturated heterocycles. The zero-order valence-corrected chi connectivity index (χ0v) is 16.4. The molecule has 0 aliphatic carbocycles. The second-order valence-electron chi connectivity index (χ2n) is 6.71. The van der Waals surface area contributed by atoms with Crippen LogP contribution in [-0.2, 0) is 6.54 Å². The van der Waals surface area contributed by atoms with Gasteiger partial charge in [0.15, 0.2) is 0 Å². The molecule has 1 aliphatic rings. The normalized spacial score (nSPS) is 14.9. The van der Waals surface area contributed by atoms with Crippen molar-refractivity contribution in [2.24, 2.45) is 5.92 Å². The van der Waals surface area contributed by atoms with Crippen molar-refractivity contribution in [2.45, 2.75) is 19.4 Å². The van der Waals surface area contributed by atoms with Gasteiger partial charge in [0.1, 0.15) is 0 Å². The number of rotatable bonds is 5. The predicted molar refractivity (Wildman–Crippen MR) is 111 cm³/mol. The molecule has 2 amide bonds. The molecule has 0 aromatic heterocycles. The molecule has 1 aliphatic heterocycles. The molecule has 0 unspecified atom stereocenters. The molecule has 3 N–H and O–H groups in total. The van der Waals surface area contributed by atoms with Crippen LogP contribution >= 0.6 is 23.2 Å². The molecule has 0 bridgehead atoms. The molecule has 0 spiro atoms. The number of aliphatic hydroxyl groups is 1. The molecule has 2 aromatic rings. The average molecular weight is 408 g/mol. The number of piperidine rings is 1. The van der Waals surface area contributed by atoms with Gasteiger partial charge in [0.2, 0.25) is 0 Å². The van der Waals surface area contributed by atoms with Gasteiger partial charge in [0, 0.05) is 37.0 Å². The lowest BCUT2D eigenvalue weighted by atomic mass is 9.97. The van der Waals surface area contributed by atoms with Crippen LogP contribution in [0, 0.1) is 5.92 Å². The minimum atomic E-state index is -0.325. The van der Waals surface area contributed by atoms with Crippen LogP contribution in [0.4, 0.5) is 16.2 Å². The summed E-state index contributed by atoms with van der Waals surface area (Å²) < 4.78 is 0. The minimum Gasteiger partial charge on any atom is -0.396 e. The molecular weight excluding hydrogens is 385 g/mol. The fraction of sp³-hybridized carbons (Fsp3) is 0.350. The summed E-state index contributed by atoms with van der Waals surface area (Å²) in [5.74, 6) is 0.428. The summed E-state index contributed by atoms with van der Waals surface area (Å²) in [6, 6.07) is 12.8. The zero-order valence-electron chi connectivity index (χ0n) is 14.9. The fourth-order valence-electron chi connectivity index (χ4n) is 3.14. The number of halogens is 2. The summed E-state index contributed by atoms with van der Waals surface area (Å²) in [6.45, 7) is 2.63. The highest BCUT2D eigenvalue weighted by atomic mass is 35.5. The maximum Gasteiger partial charge on any atom is 0.319 e. The molecular formula is C20H23Cl2N3O2. The fourth-order valence-corrected chi connectivity index (χ4v) is 3.59. The smallest absolute Gasteiger partial charge is 0.319 e. The van der Waals surface area contributed by atoms with Crippen molar-refractivity contribution in [1.29, 1.82) is 0 Å². The molecule has 5 nitrogen and oxygen atoms in total. The van der Waals surface area contributed by atoms with E-state index in [1.807, 2.05) is 12.1 Å². The lowest BCUT2D eigenvalue weighted by Crippen LogP contribution is -2.34. The summed E-state index contributed by atoms with van der Waals surface area (Å²) in [7, 11) is 0. The van der Waals surface area contributed by atoms with Crippen molar-refractivity contribution in [2.75, 3.05) is 29.9 Å². The number of carbonyl (C=O) groups excluding carboxylic acids is 1. The first-order valence-corrected chi connectivity index (χ1v) is 9.75. The van der Waals surface area contributed by atoms with Gasteiger partial charge in [-0.15, -0.1) is 0 Å². The first-order chi connectivity index (χ1) is 13.0. The maximum absolute atomic E-state index is 12.1. The van der Waals surface area contributed by atoms with Crippen LogP contribution in [0.25, 0.3) is 0 Å². The minimum absolute atomic E-state index is 0.280. The van der Waals surface area contributed by atoms with Gasteiger partial charge in [-0.3, -0.25) is 0 Å². The standard InChI is InChI=1S/C20H23Cl2N3O2/c21-16-3-6-19(18(22)11-16)24-20(27)23-12-14-1-4-17(5-2-14)25-9-7-15(13-26)8-10-25/h1-6,11,15,26H,7-10,12-13H2,(H2,23,24,27). The molecule has 144 valence electrons. The third-order valence-corrected chi connectivity index (χ3v) is 5.35. The summed E-state index contributed by atoms with van der Waals surface area (Å²) in [5, 5.41) is 15.7. The Hall–Kier alpha value is -1.95. The third kappa shape index (κ3) is 5.51. The first-order valence-electron chi connectivity index (χ1n) is 9.00. The van der Waals surface area contributed by atoms with E-state index < -0.39 is 0 Å². The van der Waals surface area contributed by atoms with Crippen molar-refractivity contribution in [3.8, 4) is 0 Å². The van der Waals surface area contributed by atoms with E-state index >= 15 is 0 Å². The summed E-state index contributed by atoms with van der Waals surface area (Å²) in [5.41, 5.74) is 2.70. The summed E-state index contributed by atoms with van der Waals surface area (Å²) in [4.78, 5) is 14.4. The predicted octanol–water partition coefficient (Wildman–Crippen LogP) is 4.52. The Bertz CT molecular complexity index is 775. The van der Waals surface area contributed by atoms with E-state index in [2.05, 4.69) is 27.7 Å². The largest absolute Gasteiger partial charge is 0.396 e. The molecule has 0 radical (unpaired) electrons. The van der Waals surface area contributed by atoms with E-state index in [4.69, 9.17) is 23.2 Å². The van der Waals surface area contributed by atoms with Crippen LogP contribution in [-0.4, -0.2) is 30.8 Å². The van der Waals surface area contributed by atoms with Crippen molar-refractivity contribution < 1.29 is 9.90 Å². The Kier molecular flexibility index (Phi) is 6.83. The SMILES string of the molecule is O=C(NCc1ccc(N2CCC(CO)CC2)cc1)Nc1ccc(Cl)cc1Cl. The van der Waals surface area contributed by atoms with E-state index in [0.29, 0.717) is 28.2 Å². The first kappa shape index (κ1) is 19.8. The number of nitrogens with zero attached hydrogens (tertiary/aromatic N) is 1. The molecule has 0 saturated carbocycles. The van der Waals surface area contributed by atoms with E-state index in [1.165, 1.54) is 5.69 Å². The number of benzene rings is 2. The van der Waals surface area contributed by atoms with Crippen molar-refractivity contribution >= 4 is 40.6 Å². The van der Waals surface area contributed by atoms with Gasteiger partial charge in [0.25, 0.3) is 0 Å². The van der Waals surface area contributed by atoms with Gasteiger partial charge in [-0.25, -0.2) is 4.79 Å². The van der Waals surface area contributed by atoms with Gasteiger partial charge >= 0.3 is 6.03 Å². The molecule has 7 heteroatoms. The number of nitrogens with one attached hydrogen (secondary N) is 2. The molecule has 3 rings (SSSR count). The van der Waals surface area contributed by atoms with Crippen LogP contribution in [0.15, 0.2) is 42.5 Å². The second kappa shape index (κ2) is 9.31. The Balaban J connectivity index is 1.49. The van der Waals surface area contributed by atoms with E-state index in [0.717, 1.165) is 31.5 Å². The molecule has 27 heavy (non-hydrogen) atoms. The zero-order chi connectivity index (χ0) is 19.2. The van der Waals surface area contributed by atoms with Crippen LogP contribution in [0.3, 0.4) is 0 Å². The van der Waals surface area contributed by atoms with Gasteiger partial charge < -0.3 is 20.6 Å². The molecule has 0 atom stereocenters. The van der Waals surface area contributed by atoms with Gasteiger partial charge in [-0.1, -0.05) is 35.3 Å². The van der Waals surface area contributed by atoms with Crippen LogP contribution in [0.1, 0.15) is 18.4 Å². The number of anilines is 2. The highest BCUT2D eigenvalue weighted by molar-refractivity contribution is 6.36. The highest BCUT2D eigenvalue weighted by Gasteiger charge is 2.18. The quantitative estimate of drug-likeness (QED) is 0.682. The third-order valence-electron chi connectivity index (χ3n) is 4.81. The van der Waals surface area contributed by atoms with Crippen LogP contribution in [0.2, 0.25) is 10.0 Å². The number of hydrogen-bond acceptors (Lipinski definition) is 3. The number of hydrogen-bond donors (Lipinski definition) is 3. The highest BCUT2D eigenvalue weighted by Crippen LogP contribution is 2.25. The number of aliphatic hydroxyl groups excluding tert-OH is 1. The second-order valence-corrected chi connectivity index (χ2v) is 7.55. The number of carbonyl (C=O) groups is 1. The van der Waals surface area contributed by atoms with Crippen molar-refractivity contribution in [3.05, 3.63) is 58.1 Å². The van der Waals surface area contributed by atoms with Crippen molar-refractivity contribution in [3.63, 3.8) is 0 Å². The molecule has 1 fully saturated rings. The Morgan fingerprint density at radius 1 is 1.11 bits per heavy atom. The Morgan fingerprint density at radius 2 is 1.81 bits per heavy atom. The number of amides is 2. The number of urea groups is 1. The Labute approximate surface area is 169 Å². The monoisotopic (exact) mass is 407 g/mol. The summed E-state index contributed by atoms with van der Waals surface area (Å²) >= 11 is 11.9. The van der Waals surface area contributed by atoms with E-state index in [9.17, 15) is 9.90 Å². The lowest BCUT2D eigenvalue weighted by molar-refractivity contribution is 0.203. The van der Waals surface area contributed by atoms with Crippen molar-refractivity contribution in [1.82, 2.24) is 5.32 Å². The lowest BCUT2D eigenvalue weighted by Gasteiger charge is -2.33. The topological polar surface area (TPSA) is 64.6 Å². The average Bonchev–Trinajstić information content (AvgIpc) is 2.69. The van der Waals surface area contributed by atoms with Gasteiger partial charge in [0.05, 0.1) is 10.7 Å². The summed E-state index contributed by atoms with van der Waals surface area (Å²) in [6.07, 6.45) is 2.04. The molecule has 1 heterocycles. The maximum atomic E-state index is 12.1. The van der Waals surface area contributed by atoms with E-state index in [1.54, 1.807) is 18.2 Å². The van der Waals surface area contributed by atoms with Crippen LogP contribution < -0.4 is 15.5 Å². The molecule has 2 aromatic carbocycles. The van der Waals surface area contributed by atoms with Crippen LogP contribution in [0.5, 0.6) is 0 Å². The Morgan fingerprint density at radius 3 is 2.44 bits per heavy atom. The van der Waals surface area contributed by atoms with Gasteiger partial charge in [-0.05, 0) is 54.7 Å².